The van der Waals surface area contributed by atoms with Crippen LogP contribution in [0.5, 0.6) is 11.5 Å². The molecule has 0 atom stereocenters. The van der Waals surface area contributed by atoms with Crippen molar-refractivity contribution in [3.05, 3.63) is 59.1 Å². The average Bonchev–Trinajstić information content (AvgIpc) is 2.65. The standard InChI is InChI=1S/C18H14ClF2NO6/c19-12-2-1-3-14(8-12)26-10-16(24)27-9-15(23)22-17(25)11-4-6-13(7-5-11)28-18(20)21/h1-8,18H,9-10H2,(H,22,23,25). The fourth-order valence-corrected chi connectivity index (χ4v) is 2.09. The number of alkyl halides is 2. The molecule has 0 aromatic heterocycles. The summed E-state index contributed by atoms with van der Waals surface area (Å²) in [6.07, 6.45) is 0. The van der Waals surface area contributed by atoms with Crippen LogP contribution in [0.15, 0.2) is 48.5 Å². The minimum atomic E-state index is -2.99. The molecule has 0 fully saturated rings. The molecule has 2 aromatic carbocycles. The van der Waals surface area contributed by atoms with E-state index in [1.165, 1.54) is 18.2 Å². The van der Waals surface area contributed by atoms with Crippen LogP contribution in [0.4, 0.5) is 8.78 Å². The van der Waals surface area contributed by atoms with Gasteiger partial charge in [-0.3, -0.25) is 14.9 Å². The Morgan fingerprint density at radius 3 is 2.36 bits per heavy atom. The number of rotatable bonds is 8. The van der Waals surface area contributed by atoms with Crippen LogP contribution in [0.25, 0.3) is 0 Å². The number of benzene rings is 2. The Hall–Kier alpha value is -3.20. The average molecular weight is 414 g/mol. The fourth-order valence-electron chi connectivity index (χ4n) is 1.91. The van der Waals surface area contributed by atoms with Crippen LogP contribution >= 0.6 is 11.6 Å². The minimum Gasteiger partial charge on any atom is -0.482 e. The predicted octanol–water partition coefficient (Wildman–Crippen LogP) is 2.82. The highest BCUT2D eigenvalue weighted by molar-refractivity contribution is 6.30. The van der Waals surface area contributed by atoms with Crippen molar-refractivity contribution in [2.24, 2.45) is 0 Å². The summed E-state index contributed by atoms with van der Waals surface area (Å²) < 4.78 is 38.1. The third-order valence-electron chi connectivity index (χ3n) is 3.11. The topological polar surface area (TPSA) is 90.9 Å². The lowest BCUT2D eigenvalue weighted by molar-refractivity contribution is -0.150. The Labute approximate surface area is 163 Å². The second kappa shape index (κ2) is 10.2. The fraction of sp³-hybridized carbons (Fsp3) is 0.167. The second-order valence-electron chi connectivity index (χ2n) is 5.19. The van der Waals surface area contributed by atoms with E-state index in [1.54, 1.807) is 18.2 Å². The Kier molecular flexibility index (Phi) is 7.70. The molecular weight excluding hydrogens is 400 g/mol. The summed E-state index contributed by atoms with van der Waals surface area (Å²) in [7, 11) is 0. The highest BCUT2D eigenvalue weighted by atomic mass is 35.5. The number of esters is 1. The number of nitrogens with one attached hydrogen (secondary N) is 1. The van der Waals surface area contributed by atoms with E-state index in [1.807, 2.05) is 5.32 Å². The quantitative estimate of drug-likeness (QED) is 0.669. The number of carbonyl (C=O) groups is 3. The number of hydrogen-bond acceptors (Lipinski definition) is 6. The predicted molar refractivity (Wildman–Crippen MR) is 93.5 cm³/mol. The van der Waals surface area contributed by atoms with Gasteiger partial charge >= 0.3 is 12.6 Å². The van der Waals surface area contributed by atoms with Gasteiger partial charge in [-0.25, -0.2) is 4.79 Å². The molecule has 0 heterocycles. The monoisotopic (exact) mass is 413 g/mol. The van der Waals surface area contributed by atoms with E-state index >= 15 is 0 Å². The SMILES string of the molecule is O=C(COC(=O)COc1cccc(Cl)c1)NC(=O)c1ccc(OC(F)F)cc1. The number of amides is 2. The van der Waals surface area contributed by atoms with E-state index in [4.69, 9.17) is 21.1 Å². The Bertz CT molecular complexity index is 844. The van der Waals surface area contributed by atoms with Crippen molar-refractivity contribution in [2.75, 3.05) is 13.2 Å². The zero-order chi connectivity index (χ0) is 20.5. The maximum atomic E-state index is 12.1. The molecule has 0 bridgehead atoms. The first-order valence-electron chi connectivity index (χ1n) is 7.76. The van der Waals surface area contributed by atoms with Crippen molar-refractivity contribution in [3.63, 3.8) is 0 Å². The molecule has 0 aliphatic heterocycles. The van der Waals surface area contributed by atoms with Gasteiger partial charge in [-0.2, -0.15) is 8.78 Å². The van der Waals surface area contributed by atoms with Crippen molar-refractivity contribution in [1.82, 2.24) is 5.32 Å². The summed E-state index contributed by atoms with van der Waals surface area (Å²) in [5.41, 5.74) is 0.0329. The van der Waals surface area contributed by atoms with Crippen molar-refractivity contribution in [1.29, 1.82) is 0 Å². The van der Waals surface area contributed by atoms with E-state index in [0.717, 1.165) is 12.1 Å². The van der Waals surface area contributed by atoms with Gasteiger partial charge in [-0.15, -0.1) is 0 Å². The molecule has 0 spiro atoms. The van der Waals surface area contributed by atoms with Crippen LogP contribution in [0.3, 0.4) is 0 Å². The lowest BCUT2D eigenvalue weighted by Crippen LogP contribution is -2.34. The van der Waals surface area contributed by atoms with Gasteiger partial charge in [0.1, 0.15) is 11.5 Å². The van der Waals surface area contributed by atoms with Gasteiger partial charge in [0.25, 0.3) is 11.8 Å². The van der Waals surface area contributed by atoms with Crippen molar-refractivity contribution < 1.29 is 37.4 Å². The second-order valence-corrected chi connectivity index (χ2v) is 5.62. The van der Waals surface area contributed by atoms with Gasteiger partial charge in [0, 0.05) is 10.6 Å². The number of hydrogen-bond donors (Lipinski definition) is 1. The van der Waals surface area contributed by atoms with Gasteiger partial charge in [0.05, 0.1) is 0 Å². The smallest absolute Gasteiger partial charge is 0.387 e. The number of carbonyl (C=O) groups excluding carboxylic acids is 3. The molecule has 148 valence electrons. The summed E-state index contributed by atoms with van der Waals surface area (Å²) >= 11 is 5.77. The number of imide groups is 1. The molecule has 1 N–H and O–H groups in total. The molecule has 2 amide bonds. The highest BCUT2D eigenvalue weighted by Gasteiger charge is 2.14. The zero-order valence-electron chi connectivity index (χ0n) is 14.2. The molecule has 0 unspecified atom stereocenters. The summed E-state index contributed by atoms with van der Waals surface area (Å²) in [5, 5.41) is 2.42. The van der Waals surface area contributed by atoms with Crippen LogP contribution in [-0.2, 0) is 14.3 Å². The first-order valence-corrected chi connectivity index (χ1v) is 8.14. The lowest BCUT2D eigenvalue weighted by Gasteiger charge is -2.08. The summed E-state index contributed by atoms with van der Waals surface area (Å²) in [6.45, 7) is -4.14. The largest absolute Gasteiger partial charge is 0.482 e. The molecule has 2 rings (SSSR count). The van der Waals surface area contributed by atoms with Crippen LogP contribution in [0, 0.1) is 0 Å². The molecular formula is C18H14ClF2NO6. The third kappa shape index (κ3) is 7.20. The van der Waals surface area contributed by atoms with Gasteiger partial charge in [-0.05, 0) is 42.5 Å². The maximum absolute atomic E-state index is 12.1. The molecule has 0 aliphatic rings. The number of halogens is 3. The molecule has 0 radical (unpaired) electrons. The molecule has 10 heteroatoms. The Morgan fingerprint density at radius 1 is 1.00 bits per heavy atom. The lowest BCUT2D eigenvalue weighted by atomic mass is 10.2. The van der Waals surface area contributed by atoms with Gasteiger partial charge in [-0.1, -0.05) is 17.7 Å². The summed E-state index contributed by atoms with van der Waals surface area (Å²) in [6, 6.07) is 11.1. The van der Waals surface area contributed by atoms with Gasteiger partial charge in [0.2, 0.25) is 0 Å². The van der Waals surface area contributed by atoms with E-state index in [-0.39, 0.29) is 11.3 Å². The zero-order valence-corrected chi connectivity index (χ0v) is 14.9. The first kappa shape index (κ1) is 21.1. The van der Waals surface area contributed by atoms with E-state index in [2.05, 4.69) is 4.74 Å². The molecule has 2 aromatic rings. The van der Waals surface area contributed by atoms with Crippen molar-refractivity contribution in [2.45, 2.75) is 6.61 Å². The van der Waals surface area contributed by atoms with Gasteiger partial charge < -0.3 is 14.2 Å². The highest BCUT2D eigenvalue weighted by Crippen LogP contribution is 2.17. The van der Waals surface area contributed by atoms with Gasteiger partial charge in [0.15, 0.2) is 13.2 Å². The normalized spacial score (nSPS) is 10.3. The number of ether oxygens (including phenoxy) is 3. The molecule has 28 heavy (non-hydrogen) atoms. The summed E-state index contributed by atoms with van der Waals surface area (Å²) in [5.74, 6) is -2.26. The van der Waals surface area contributed by atoms with Crippen LogP contribution < -0.4 is 14.8 Å². The van der Waals surface area contributed by atoms with E-state index in [0.29, 0.717) is 10.8 Å². The molecule has 0 saturated carbocycles. The minimum absolute atomic E-state index is 0.0329. The molecule has 7 nitrogen and oxygen atoms in total. The van der Waals surface area contributed by atoms with Crippen LogP contribution in [0.2, 0.25) is 5.02 Å². The Morgan fingerprint density at radius 2 is 1.71 bits per heavy atom. The van der Waals surface area contributed by atoms with Crippen molar-refractivity contribution >= 4 is 29.4 Å². The van der Waals surface area contributed by atoms with Crippen LogP contribution in [0.1, 0.15) is 10.4 Å². The van der Waals surface area contributed by atoms with Crippen LogP contribution in [-0.4, -0.2) is 37.6 Å². The summed E-state index contributed by atoms with van der Waals surface area (Å²) in [4.78, 5) is 35.1. The maximum Gasteiger partial charge on any atom is 0.387 e. The molecule has 0 saturated heterocycles. The first-order chi connectivity index (χ1) is 13.3. The Balaban J connectivity index is 1.73. The third-order valence-corrected chi connectivity index (χ3v) is 3.35. The van der Waals surface area contributed by atoms with E-state index < -0.39 is 37.6 Å². The molecule has 0 aliphatic carbocycles. The van der Waals surface area contributed by atoms with E-state index in [9.17, 15) is 23.2 Å². The van der Waals surface area contributed by atoms with Crippen molar-refractivity contribution in [3.8, 4) is 11.5 Å².